The third kappa shape index (κ3) is 30.0. The molecule has 0 rings (SSSR count). The zero-order valence-corrected chi connectivity index (χ0v) is 27.9. The van der Waals surface area contributed by atoms with Gasteiger partial charge >= 0.3 is 5.97 Å². The summed E-state index contributed by atoms with van der Waals surface area (Å²) in [7, 11) is 2.25. The van der Waals surface area contributed by atoms with E-state index >= 15 is 0 Å². The number of carbonyl (C=O) groups excluding carboxylic acids is 1. The van der Waals surface area contributed by atoms with Crippen LogP contribution in [0.5, 0.6) is 0 Å². The minimum atomic E-state index is -0.0610. The number of hydrogen-bond donors (Lipinski definition) is 0. The SMILES string of the molecule is C=CCCCCCCCCOCC[N+](C)(CCOCCCCCCCCC=C)CCOC(=O)CCCCCCCC=C. The van der Waals surface area contributed by atoms with Gasteiger partial charge in [-0.2, -0.15) is 0 Å². The van der Waals surface area contributed by atoms with Crippen LogP contribution < -0.4 is 0 Å². The summed E-state index contributed by atoms with van der Waals surface area (Å²) in [5.41, 5.74) is 0. The lowest BCUT2D eigenvalue weighted by Crippen LogP contribution is -2.50. The Morgan fingerprint density at radius 2 is 0.857 bits per heavy atom. The third-order valence-electron chi connectivity index (χ3n) is 8.13. The van der Waals surface area contributed by atoms with Crippen LogP contribution in [0.4, 0.5) is 0 Å². The maximum Gasteiger partial charge on any atom is 0.305 e. The molecule has 0 spiro atoms. The summed E-state index contributed by atoms with van der Waals surface area (Å²) >= 11 is 0. The number of esters is 1. The molecule has 0 fully saturated rings. The second-order valence-corrected chi connectivity index (χ2v) is 12.2. The molecule has 0 aromatic carbocycles. The number of ether oxygens (including phenoxy) is 3. The standard InChI is InChI=1S/C37H70NO4/c1-5-8-11-14-17-20-23-26-32-40-34-29-38(4,30-35-41-33-27-24-21-18-15-12-9-6-2)31-36-42-37(39)28-25-22-19-16-13-10-7-3/h5-7H,1-3,8-36H2,4H3/q+1. The highest BCUT2D eigenvalue weighted by atomic mass is 16.5. The Labute approximate surface area is 261 Å². The van der Waals surface area contributed by atoms with Crippen molar-refractivity contribution in [2.75, 3.05) is 59.7 Å². The Morgan fingerprint density at radius 3 is 1.29 bits per heavy atom. The summed E-state index contributed by atoms with van der Waals surface area (Å²) in [5, 5.41) is 0. The highest BCUT2D eigenvalue weighted by molar-refractivity contribution is 5.69. The molecular formula is C37H70NO4+. The molecule has 0 N–H and O–H groups in total. The number of quaternary nitrogens is 1. The number of likely N-dealkylation sites (N-methyl/N-ethyl adjacent to an activating group) is 1. The van der Waals surface area contributed by atoms with Gasteiger partial charge in [-0.3, -0.25) is 4.79 Å². The first-order valence-corrected chi connectivity index (χ1v) is 17.6. The number of unbranched alkanes of at least 4 members (excludes halogenated alkanes) is 17. The topological polar surface area (TPSA) is 44.8 Å². The molecular weight excluding hydrogens is 522 g/mol. The van der Waals surface area contributed by atoms with Crippen LogP contribution in [0, 0.1) is 0 Å². The van der Waals surface area contributed by atoms with Gasteiger partial charge in [-0.1, -0.05) is 88.9 Å². The molecule has 246 valence electrons. The van der Waals surface area contributed by atoms with Crippen LogP contribution in [-0.4, -0.2) is 70.2 Å². The van der Waals surface area contributed by atoms with E-state index in [9.17, 15) is 4.79 Å². The Hall–Kier alpha value is -1.43. The molecule has 0 saturated heterocycles. The van der Waals surface area contributed by atoms with Crippen molar-refractivity contribution < 1.29 is 23.5 Å². The predicted molar refractivity (Wildman–Crippen MR) is 181 cm³/mol. The Kier molecular flexibility index (Phi) is 31.4. The van der Waals surface area contributed by atoms with Gasteiger partial charge in [-0.05, 0) is 57.8 Å². The lowest BCUT2D eigenvalue weighted by molar-refractivity contribution is -0.910. The van der Waals surface area contributed by atoms with Crippen LogP contribution >= 0.6 is 0 Å². The summed E-state index contributed by atoms with van der Waals surface area (Å²) in [6.45, 7) is 17.6. The molecule has 5 heteroatoms. The van der Waals surface area contributed by atoms with Gasteiger partial charge in [-0.15, -0.1) is 19.7 Å². The van der Waals surface area contributed by atoms with E-state index in [0.29, 0.717) is 13.0 Å². The fourth-order valence-corrected chi connectivity index (χ4v) is 5.05. The van der Waals surface area contributed by atoms with Crippen LogP contribution in [-0.2, 0) is 19.0 Å². The van der Waals surface area contributed by atoms with Gasteiger partial charge < -0.3 is 18.7 Å². The summed E-state index contributed by atoms with van der Waals surface area (Å²) in [6.07, 6.45) is 30.6. The zero-order chi connectivity index (χ0) is 30.8. The van der Waals surface area contributed by atoms with Crippen LogP contribution in [0.1, 0.15) is 135 Å². The van der Waals surface area contributed by atoms with Crippen LogP contribution in [0.25, 0.3) is 0 Å². The van der Waals surface area contributed by atoms with Crippen LogP contribution in [0.3, 0.4) is 0 Å². The van der Waals surface area contributed by atoms with E-state index in [4.69, 9.17) is 14.2 Å². The van der Waals surface area contributed by atoms with Crippen LogP contribution in [0.2, 0.25) is 0 Å². The normalized spacial score (nSPS) is 11.5. The molecule has 0 aliphatic heterocycles. The quantitative estimate of drug-likeness (QED) is 0.0318. The molecule has 0 aromatic rings. The average Bonchev–Trinajstić information content (AvgIpc) is 2.98. The molecule has 0 atom stereocenters. The second kappa shape index (κ2) is 32.5. The second-order valence-electron chi connectivity index (χ2n) is 12.2. The van der Waals surface area contributed by atoms with Crippen molar-refractivity contribution in [3.8, 4) is 0 Å². The monoisotopic (exact) mass is 593 g/mol. The van der Waals surface area contributed by atoms with Gasteiger partial charge in [-0.25, -0.2) is 0 Å². The van der Waals surface area contributed by atoms with Crippen molar-refractivity contribution in [1.82, 2.24) is 0 Å². The fourth-order valence-electron chi connectivity index (χ4n) is 5.05. The van der Waals surface area contributed by atoms with Crippen LogP contribution in [0.15, 0.2) is 38.0 Å². The maximum atomic E-state index is 12.3. The van der Waals surface area contributed by atoms with Crippen molar-refractivity contribution in [2.45, 2.75) is 135 Å². The summed E-state index contributed by atoms with van der Waals surface area (Å²) < 4.78 is 18.5. The van der Waals surface area contributed by atoms with Gasteiger partial charge in [0.2, 0.25) is 0 Å². The largest absolute Gasteiger partial charge is 0.460 e. The predicted octanol–water partition coefficient (Wildman–Crippen LogP) is 9.76. The first kappa shape index (κ1) is 40.6. The number of allylic oxidation sites excluding steroid dienone is 3. The minimum absolute atomic E-state index is 0.0610. The molecule has 5 nitrogen and oxygen atoms in total. The fraction of sp³-hybridized carbons (Fsp3) is 0.811. The molecule has 42 heavy (non-hydrogen) atoms. The number of carbonyl (C=O) groups is 1. The molecule has 0 radical (unpaired) electrons. The van der Waals surface area contributed by atoms with Crippen molar-refractivity contribution in [2.24, 2.45) is 0 Å². The van der Waals surface area contributed by atoms with Gasteiger partial charge in [0.25, 0.3) is 0 Å². The molecule has 0 saturated carbocycles. The Bertz CT molecular complexity index is 591. The van der Waals surface area contributed by atoms with E-state index in [2.05, 4.69) is 26.8 Å². The third-order valence-corrected chi connectivity index (χ3v) is 8.13. The van der Waals surface area contributed by atoms with Crippen molar-refractivity contribution in [1.29, 1.82) is 0 Å². The van der Waals surface area contributed by atoms with E-state index in [1.807, 2.05) is 18.2 Å². The lowest BCUT2D eigenvalue weighted by atomic mass is 10.1. The average molecular weight is 593 g/mol. The highest BCUT2D eigenvalue weighted by Gasteiger charge is 2.22. The van der Waals surface area contributed by atoms with Crippen molar-refractivity contribution >= 4 is 5.97 Å². The first-order valence-electron chi connectivity index (χ1n) is 17.6. The zero-order valence-electron chi connectivity index (χ0n) is 27.9. The Balaban J connectivity index is 4.22. The summed E-state index contributed by atoms with van der Waals surface area (Å²) in [5.74, 6) is -0.0610. The lowest BCUT2D eigenvalue weighted by Gasteiger charge is -2.34. The van der Waals surface area contributed by atoms with Gasteiger partial charge in [0, 0.05) is 19.6 Å². The van der Waals surface area contributed by atoms with Gasteiger partial charge in [0.05, 0.1) is 20.3 Å². The summed E-state index contributed by atoms with van der Waals surface area (Å²) in [6, 6.07) is 0. The number of nitrogens with zero attached hydrogens (tertiary/aromatic N) is 1. The molecule has 0 aromatic heterocycles. The van der Waals surface area contributed by atoms with Crippen molar-refractivity contribution in [3.05, 3.63) is 38.0 Å². The van der Waals surface area contributed by atoms with E-state index in [1.54, 1.807) is 0 Å². The minimum Gasteiger partial charge on any atom is -0.460 e. The molecule has 0 aliphatic rings. The molecule has 0 aliphatic carbocycles. The van der Waals surface area contributed by atoms with Gasteiger partial charge in [0.1, 0.15) is 26.2 Å². The number of rotatable bonds is 35. The smallest absolute Gasteiger partial charge is 0.305 e. The highest BCUT2D eigenvalue weighted by Crippen LogP contribution is 2.11. The van der Waals surface area contributed by atoms with Crippen molar-refractivity contribution in [3.63, 3.8) is 0 Å². The van der Waals surface area contributed by atoms with E-state index < -0.39 is 0 Å². The molecule has 0 bridgehead atoms. The first-order chi connectivity index (χ1) is 20.6. The van der Waals surface area contributed by atoms with E-state index in [-0.39, 0.29) is 5.97 Å². The van der Waals surface area contributed by atoms with E-state index in [1.165, 1.54) is 83.5 Å². The molecule has 0 heterocycles. The van der Waals surface area contributed by atoms with E-state index in [0.717, 1.165) is 95.5 Å². The molecule has 0 amide bonds. The Morgan fingerprint density at radius 1 is 0.500 bits per heavy atom. The maximum absolute atomic E-state index is 12.3. The summed E-state index contributed by atoms with van der Waals surface area (Å²) in [4.78, 5) is 12.3. The molecule has 0 unspecified atom stereocenters. The van der Waals surface area contributed by atoms with Gasteiger partial charge in [0.15, 0.2) is 0 Å². The number of hydrogen-bond acceptors (Lipinski definition) is 4.